The molecule has 0 spiro atoms. The Morgan fingerprint density at radius 3 is 2.43 bits per heavy atom. The third kappa shape index (κ3) is 3.30. The van der Waals surface area contributed by atoms with E-state index in [2.05, 4.69) is 0 Å². The molecular formula is C27H32O8. The number of esters is 2. The van der Waals surface area contributed by atoms with Gasteiger partial charge in [0.15, 0.2) is 11.9 Å². The summed E-state index contributed by atoms with van der Waals surface area (Å²) >= 11 is 0. The number of rotatable bonds is 3. The number of fused-ring (bicyclic) bond motifs is 3. The Balaban J connectivity index is 1.99. The predicted octanol–water partition coefficient (Wildman–Crippen LogP) is 3.07. The number of furan rings is 1. The van der Waals surface area contributed by atoms with Crippen LogP contribution in [0.15, 0.2) is 58.5 Å². The molecule has 3 aliphatic rings. The number of ketones is 1. The minimum absolute atomic E-state index is 0.391. The number of carbonyl (C=O) groups is 3. The predicted molar refractivity (Wildman–Crippen MR) is 125 cm³/mol. The summed E-state index contributed by atoms with van der Waals surface area (Å²) in [5.41, 5.74) is -1.59. The molecular weight excluding hydrogens is 452 g/mol. The third-order valence-electron chi connectivity index (χ3n) is 8.66. The van der Waals surface area contributed by atoms with E-state index < -0.39 is 64.1 Å². The summed E-state index contributed by atoms with van der Waals surface area (Å²) in [6, 6.07) is 1.69. The van der Waals surface area contributed by atoms with Gasteiger partial charge in [-0.3, -0.25) is 4.79 Å². The van der Waals surface area contributed by atoms with Crippen molar-refractivity contribution in [1.82, 2.24) is 0 Å². The van der Waals surface area contributed by atoms with Gasteiger partial charge >= 0.3 is 11.9 Å². The van der Waals surface area contributed by atoms with Gasteiger partial charge in [-0.2, -0.15) is 0 Å². The average molecular weight is 485 g/mol. The first-order chi connectivity index (χ1) is 16.3. The first-order valence-corrected chi connectivity index (χ1v) is 11.6. The molecule has 4 rings (SSSR count). The van der Waals surface area contributed by atoms with Crippen LogP contribution in [0.5, 0.6) is 0 Å². The first-order valence-electron chi connectivity index (χ1n) is 11.6. The molecule has 1 aliphatic heterocycles. The average Bonchev–Trinajstić information content (AvgIpc) is 3.34. The molecule has 1 aromatic heterocycles. The van der Waals surface area contributed by atoms with Crippen molar-refractivity contribution in [3.8, 4) is 0 Å². The van der Waals surface area contributed by atoms with E-state index in [9.17, 15) is 24.6 Å². The number of Topliss-reactive ketones (excluding diaryl/α,β-unsaturated/α-hetero) is 1. The zero-order chi connectivity index (χ0) is 25.9. The molecule has 0 aromatic carbocycles. The van der Waals surface area contributed by atoms with E-state index in [0.29, 0.717) is 16.7 Å². The maximum atomic E-state index is 13.7. The second-order valence-electron chi connectivity index (χ2n) is 10.6. The van der Waals surface area contributed by atoms with Gasteiger partial charge in [-0.1, -0.05) is 44.6 Å². The number of hydrogen-bond acceptors (Lipinski definition) is 8. The highest BCUT2D eigenvalue weighted by atomic mass is 16.6. The van der Waals surface area contributed by atoms with Crippen molar-refractivity contribution in [2.45, 2.75) is 52.9 Å². The van der Waals surface area contributed by atoms with Crippen LogP contribution in [-0.4, -0.2) is 47.3 Å². The molecule has 0 bridgehead atoms. The zero-order valence-electron chi connectivity index (χ0n) is 20.8. The van der Waals surface area contributed by atoms with Crippen molar-refractivity contribution < 1.29 is 38.5 Å². The number of ether oxygens (including phenoxy) is 2. The van der Waals surface area contributed by atoms with Crippen molar-refractivity contribution in [2.75, 3.05) is 7.11 Å². The normalized spacial score (nSPS) is 40.8. The number of methoxy groups -OCH3 is 1. The summed E-state index contributed by atoms with van der Waals surface area (Å²) in [4.78, 5) is 38.7. The van der Waals surface area contributed by atoms with Crippen LogP contribution in [0.25, 0.3) is 0 Å². The molecule has 1 aromatic rings. The molecule has 2 heterocycles. The van der Waals surface area contributed by atoms with Crippen LogP contribution in [0, 0.1) is 28.1 Å². The number of hydrogen-bond donors (Lipinski definition) is 2. The van der Waals surface area contributed by atoms with E-state index in [-0.39, 0.29) is 0 Å². The second-order valence-corrected chi connectivity index (χ2v) is 10.6. The molecule has 35 heavy (non-hydrogen) atoms. The van der Waals surface area contributed by atoms with Gasteiger partial charge in [-0.15, -0.1) is 0 Å². The SMILES string of the molecule is COC(=O)C=C[C@@]1(C)C(=C(C)C)C(=O)[C@@H](O)[C@@H]2[C@H]1C=C[C@@]1(C)[C@@H](c3ccoc3)OC(=O)[C@@H](O)[C@]21C. The summed E-state index contributed by atoms with van der Waals surface area (Å²) in [6.07, 6.45) is 5.77. The molecule has 0 amide bonds. The molecule has 1 saturated carbocycles. The number of allylic oxidation sites excluding steroid dienone is 3. The lowest BCUT2D eigenvalue weighted by Crippen LogP contribution is -2.69. The summed E-state index contributed by atoms with van der Waals surface area (Å²) in [5.74, 6) is -3.29. The van der Waals surface area contributed by atoms with Gasteiger partial charge < -0.3 is 24.1 Å². The lowest BCUT2D eigenvalue weighted by molar-refractivity contribution is -0.238. The van der Waals surface area contributed by atoms with Crippen LogP contribution >= 0.6 is 0 Å². The Kier molecular flexibility index (Phi) is 5.97. The van der Waals surface area contributed by atoms with Crippen LogP contribution in [0.2, 0.25) is 0 Å². The van der Waals surface area contributed by atoms with Crippen LogP contribution in [-0.2, 0) is 23.9 Å². The largest absolute Gasteiger partial charge is 0.472 e. The van der Waals surface area contributed by atoms with Gasteiger partial charge in [0.25, 0.3) is 0 Å². The Hall–Kier alpha value is -2.97. The van der Waals surface area contributed by atoms with E-state index in [1.165, 1.54) is 25.7 Å². The molecule has 8 atom stereocenters. The van der Waals surface area contributed by atoms with Crippen molar-refractivity contribution in [3.05, 3.63) is 59.6 Å². The first kappa shape index (κ1) is 25.1. The highest BCUT2D eigenvalue weighted by molar-refractivity contribution is 6.02. The van der Waals surface area contributed by atoms with Crippen LogP contribution in [0.4, 0.5) is 0 Å². The van der Waals surface area contributed by atoms with Crippen molar-refractivity contribution in [1.29, 1.82) is 0 Å². The maximum Gasteiger partial charge on any atom is 0.336 e. The molecule has 2 N–H and O–H groups in total. The molecule has 0 unspecified atom stereocenters. The van der Waals surface area contributed by atoms with E-state index in [0.717, 1.165) is 0 Å². The van der Waals surface area contributed by atoms with Crippen molar-refractivity contribution in [3.63, 3.8) is 0 Å². The maximum absolute atomic E-state index is 13.7. The van der Waals surface area contributed by atoms with E-state index in [1.807, 2.05) is 26.0 Å². The van der Waals surface area contributed by atoms with Gasteiger partial charge in [0, 0.05) is 39.4 Å². The minimum atomic E-state index is -1.60. The Morgan fingerprint density at radius 2 is 1.86 bits per heavy atom. The highest BCUT2D eigenvalue weighted by Gasteiger charge is 2.71. The summed E-state index contributed by atoms with van der Waals surface area (Å²) < 4.78 is 15.7. The van der Waals surface area contributed by atoms with E-state index in [4.69, 9.17) is 13.9 Å². The van der Waals surface area contributed by atoms with Crippen molar-refractivity contribution in [2.24, 2.45) is 28.1 Å². The van der Waals surface area contributed by atoms with Crippen LogP contribution in [0.3, 0.4) is 0 Å². The minimum Gasteiger partial charge on any atom is -0.472 e. The molecule has 8 heteroatoms. The number of aliphatic hydroxyl groups excluding tert-OH is 2. The Labute approximate surface area is 204 Å². The molecule has 2 fully saturated rings. The monoisotopic (exact) mass is 484 g/mol. The van der Waals surface area contributed by atoms with Gasteiger partial charge in [-0.25, -0.2) is 9.59 Å². The smallest absolute Gasteiger partial charge is 0.336 e. The van der Waals surface area contributed by atoms with Gasteiger partial charge in [0.05, 0.1) is 19.6 Å². The summed E-state index contributed by atoms with van der Waals surface area (Å²) in [7, 11) is 1.27. The fraction of sp³-hybridized carbons (Fsp3) is 0.519. The number of aliphatic hydroxyl groups is 2. The van der Waals surface area contributed by atoms with E-state index >= 15 is 0 Å². The van der Waals surface area contributed by atoms with Gasteiger partial charge in [0.1, 0.15) is 12.2 Å². The molecule has 2 aliphatic carbocycles. The topological polar surface area (TPSA) is 123 Å². The molecule has 188 valence electrons. The Morgan fingerprint density at radius 1 is 1.17 bits per heavy atom. The molecule has 0 radical (unpaired) electrons. The van der Waals surface area contributed by atoms with Crippen molar-refractivity contribution >= 4 is 17.7 Å². The lowest BCUT2D eigenvalue weighted by atomic mass is 9.41. The number of cyclic esters (lactones) is 1. The van der Waals surface area contributed by atoms with Gasteiger partial charge in [0.2, 0.25) is 0 Å². The summed E-state index contributed by atoms with van der Waals surface area (Å²) in [5, 5.41) is 22.8. The quantitative estimate of drug-likeness (QED) is 0.381. The second kappa shape index (κ2) is 8.31. The van der Waals surface area contributed by atoms with E-state index in [1.54, 1.807) is 32.9 Å². The fourth-order valence-electron chi connectivity index (χ4n) is 6.70. The molecule has 8 nitrogen and oxygen atoms in total. The third-order valence-corrected chi connectivity index (χ3v) is 8.66. The number of carbonyl (C=O) groups excluding carboxylic acids is 3. The lowest BCUT2D eigenvalue weighted by Gasteiger charge is -2.64. The Bertz CT molecular complexity index is 1140. The summed E-state index contributed by atoms with van der Waals surface area (Å²) in [6.45, 7) is 8.96. The standard InChI is InChI=1S/C27H32O8/c1-14(2)18-20(29)21(30)19-16(25(18,3)10-8-17(28)33-6)7-11-26(4)23(15-9-12-34-13-15)35-24(32)22(31)27(19,26)5/h7-13,16,19,21-23,30-31H,1-6H3/t16-,19+,21+,22-,23-,25-,26+,27+/m1/s1. The van der Waals surface area contributed by atoms with Crippen LogP contribution < -0.4 is 0 Å². The zero-order valence-corrected chi connectivity index (χ0v) is 20.8. The molecule has 1 saturated heterocycles. The van der Waals surface area contributed by atoms with Gasteiger partial charge in [-0.05, 0) is 25.8 Å². The fourth-order valence-corrected chi connectivity index (χ4v) is 6.70. The highest BCUT2D eigenvalue weighted by Crippen LogP contribution is 2.68. The van der Waals surface area contributed by atoms with Crippen LogP contribution in [0.1, 0.15) is 46.3 Å².